The van der Waals surface area contributed by atoms with Crippen LogP contribution >= 0.6 is 0 Å². The second-order valence-corrected chi connectivity index (χ2v) is 6.36. The molecule has 0 atom stereocenters. The number of benzene rings is 2. The largest absolute Gasteiger partial charge is 0.493 e. The third-order valence-electron chi connectivity index (χ3n) is 4.06. The van der Waals surface area contributed by atoms with Crippen LogP contribution < -0.4 is 18.9 Å². The number of methoxy groups -OCH3 is 3. The summed E-state index contributed by atoms with van der Waals surface area (Å²) in [5, 5.41) is 0. The zero-order valence-corrected chi connectivity index (χ0v) is 16.0. The fraction of sp³-hybridized carbons (Fsp3) is 0.350. The molecule has 0 amide bonds. The average Bonchev–Trinajstić information content (AvgIpc) is 2.66. The van der Waals surface area contributed by atoms with Gasteiger partial charge in [0.05, 0.1) is 33.5 Å². The summed E-state index contributed by atoms with van der Waals surface area (Å²) in [7, 11) is 4.28. The SMILES string of the molecule is COC(=O)c1cc(OC)c(Oc2ccc3c(c2)COC(C)(C)O3)c(OC)c1. The van der Waals surface area contributed by atoms with Crippen LogP contribution in [0.5, 0.6) is 28.7 Å². The van der Waals surface area contributed by atoms with E-state index in [1.165, 1.54) is 33.5 Å². The van der Waals surface area contributed by atoms with E-state index in [0.717, 1.165) is 11.3 Å². The Bertz CT molecular complexity index is 832. The van der Waals surface area contributed by atoms with E-state index < -0.39 is 11.8 Å². The molecule has 0 spiro atoms. The van der Waals surface area contributed by atoms with Crippen LogP contribution in [0.2, 0.25) is 0 Å². The first-order chi connectivity index (χ1) is 12.9. The van der Waals surface area contributed by atoms with E-state index in [9.17, 15) is 4.79 Å². The normalized spacial score (nSPS) is 14.6. The lowest BCUT2D eigenvalue weighted by atomic mass is 10.1. The quantitative estimate of drug-likeness (QED) is 0.734. The minimum absolute atomic E-state index is 0.299. The zero-order valence-electron chi connectivity index (χ0n) is 16.0. The van der Waals surface area contributed by atoms with Gasteiger partial charge < -0.3 is 28.4 Å². The average molecular weight is 374 g/mol. The van der Waals surface area contributed by atoms with Gasteiger partial charge in [0.15, 0.2) is 11.5 Å². The van der Waals surface area contributed by atoms with Crippen molar-refractivity contribution in [3.05, 3.63) is 41.5 Å². The molecule has 3 rings (SSSR count). The molecule has 144 valence electrons. The minimum Gasteiger partial charge on any atom is -0.493 e. The van der Waals surface area contributed by atoms with Gasteiger partial charge in [-0.15, -0.1) is 0 Å². The Morgan fingerprint density at radius 2 is 1.70 bits per heavy atom. The van der Waals surface area contributed by atoms with Crippen molar-refractivity contribution >= 4 is 5.97 Å². The molecule has 0 aromatic heterocycles. The van der Waals surface area contributed by atoms with E-state index in [-0.39, 0.29) is 0 Å². The summed E-state index contributed by atoms with van der Waals surface area (Å²) in [6, 6.07) is 8.52. The summed E-state index contributed by atoms with van der Waals surface area (Å²) in [5.41, 5.74) is 1.17. The molecule has 7 nitrogen and oxygen atoms in total. The maximum Gasteiger partial charge on any atom is 0.338 e. The first-order valence-corrected chi connectivity index (χ1v) is 8.35. The molecule has 2 aromatic carbocycles. The zero-order chi connectivity index (χ0) is 19.6. The summed E-state index contributed by atoms with van der Waals surface area (Å²) in [6.07, 6.45) is 0. The van der Waals surface area contributed by atoms with E-state index >= 15 is 0 Å². The van der Waals surface area contributed by atoms with Gasteiger partial charge in [-0.25, -0.2) is 4.79 Å². The van der Waals surface area contributed by atoms with Gasteiger partial charge in [-0.2, -0.15) is 0 Å². The lowest BCUT2D eigenvalue weighted by Crippen LogP contribution is -2.35. The first-order valence-electron chi connectivity index (χ1n) is 8.35. The summed E-state index contributed by atoms with van der Waals surface area (Å²) < 4.78 is 32.9. The van der Waals surface area contributed by atoms with Crippen molar-refractivity contribution < 1.29 is 33.2 Å². The Morgan fingerprint density at radius 1 is 1.04 bits per heavy atom. The van der Waals surface area contributed by atoms with E-state index in [1.807, 2.05) is 26.0 Å². The Hall–Kier alpha value is -2.93. The highest BCUT2D eigenvalue weighted by Crippen LogP contribution is 2.43. The Morgan fingerprint density at radius 3 is 2.30 bits per heavy atom. The molecule has 0 aliphatic carbocycles. The van der Waals surface area contributed by atoms with Crippen LogP contribution in [0.15, 0.2) is 30.3 Å². The molecule has 1 aliphatic rings. The van der Waals surface area contributed by atoms with Crippen LogP contribution in [-0.2, 0) is 16.1 Å². The third-order valence-corrected chi connectivity index (χ3v) is 4.06. The van der Waals surface area contributed by atoms with Crippen LogP contribution in [0.25, 0.3) is 0 Å². The van der Waals surface area contributed by atoms with Crippen molar-refractivity contribution in [1.82, 2.24) is 0 Å². The fourth-order valence-electron chi connectivity index (χ4n) is 2.71. The van der Waals surface area contributed by atoms with Gasteiger partial charge in [0, 0.05) is 19.4 Å². The summed E-state index contributed by atoms with van der Waals surface area (Å²) in [6.45, 7) is 4.13. The smallest absolute Gasteiger partial charge is 0.338 e. The summed E-state index contributed by atoms with van der Waals surface area (Å²) >= 11 is 0. The molecule has 7 heteroatoms. The molecule has 1 heterocycles. The number of fused-ring (bicyclic) bond motifs is 1. The molecule has 0 N–H and O–H groups in total. The van der Waals surface area contributed by atoms with Crippen molar-refractivity contribution in [2.75, 3.05) is 21.3 Å². The van der Waals surface area contributed by atoms with Crippen molar-refractivity contribution in [3.8, 4) is 28.7 Å². The van der Waals surface area contributed by atoms with Crippen LogP contribution in [-0.4, -0.2) is 33.1 Å². The molecule has 0 saturated carbocycles. The number of carbonyl (C=O) groups excluding carboxylic acids is 1. The number of hydrogen-bond donors (Lipinski definition) is 0. The van der Waals surface area contributed by atoms with E-state index in [4.69, 9.17) is 28.4 Å². The van der Waals surface area contributed by atoms with Gasteiger partial charge in [0.2, 0.25) is 11.5 Å². The standard InChI is InChI=1S/C20H22O7/c1-20(2)25-11-13-8-14(6-7-15(13)27-20)26-18-16(22-3)9-12(19(21)24-5)10-17(18)23-4/h6-10H,11H2,1-5H3. The number of esters is 1. The fourth-order valence-corrected chi connectivity index (χ4v) is 2.71. The van der Waals surface area contributed by atoms with Crippen LogP contribution in [0.1, 0.15) is 29.8 Å². The van der Waals surface area contributed by atoms with E-state index in [0.29, 0.717) is 35.2 Å². The molecule has 0 unspecified atom stereocenters. The van der Waals surface area contributed by atoms with Crippen molar-refractivity contribution in [2.45, 2.75) is 26.2 Å². The lowest BCUT2D eigenvalue weighted by molar-refractivity contribution is -0.180. The second kappa shape index (κ2) is 7.36. The Kier molecular flexibility index (Phi) is 5.14. The van der Waals surface area contributed by atoms with Gasteiger partial charge >= 0.3 is 5.97 Å². The molecule has 0 bridgehead atoms. The van der Waals surface area contributed by atoms with Gasteiger partial charge in [-0.3, -0.25) is 0 Å². The number of ether oxygens (including phenoxy) is 6. The lowest BCUT2D eigenvalue weighted by Gasteiger charge is -2.32. The monoisotopic (exact) mass is 374 g/mol. The molecule has 0 radical (unpaired) electrons. The molecular formula is C20H22O7. The summed E-state index contributed by atoms with van der Waals surface area (Å²) in [5.74, 6) is 1.20. The Balaban J connectivity index is 1.94. The maximum absolute atomic E-state index is 11.8. The highest BCUT2D eigenvalue weighted by Gasteiger charge is 2.28. The molecule has 2 aromatic rings. The topological polar surface area (TPSA) is 72.5 Å². The van der Waals surface area contributed by atoms with Crippen molar-refractivity contribution in [3.63, 3.8) is 0 Å². The van der Waals surface area contributed by atoms with Crippen LogP contribution in [0.3, 0.4) is 0 Å². The number of carbonyl (C=O) groups is 1. The minimum atomic E-state index is -0.661. The van der Waals surface area contributed by atoms with Gasteiger partial charge in [-0.1, -0.05) is 0 Å². The van der Waals surface area contributed by atoms with Gasteiger partial charge in [0.25, 0.3) is 0 Å². The highest BCUT2D eigenvalue weighted by atomic mass is 16.7. The highest BCUT2D eigenvalue weighted by molar-refractivity contribution is 5.91. The molecule has 0 saturated heterocycles. The van der Waals surface area contributed by atoms with Crippen LogP contribution in [0.4, 0.5) is 0 Å². The molecule has 27 heavy (non-hydrogen) atoms. The Labute approximate surface area is 157 Å². The third kappa shape index (κ3) is 3.93. The van der Waals surface area contributed by atoms with E-state index in [2.05, 4.69) is 0 Å². The van der Waals surface area contributed by atoms with Crippen molar-refractivity contribution in [2.24, 2.45) is 0 Å². The molecule has 1 aliphatic heterocycles. The summed E-state index contributed by atoms with van der Waals surface area (Å²) in [4.78, 5) is 11.8. The van der Waals surface area contributed by atoms with Gasteiger partial charge in [0.1, 0.15) is 11.5 Å². The molecule has 0 fully saturated rings. The van der Waals surface area contributed by atoms with E-state index in [1.54, 1.807) is 6.07 Å². The first kappa shape index (κ1) is 18.8. The van der Waals surface area contributed by atoms with Gasteiger partial charge in [-0.05, 0) is 30.3 Å². The predicted octanol–water partition coefficient (Wildman–Crippen LogP) is 3.93. The molecular weight excluding hydrogens is 352 g/mol. The second-order valence-electron chi connectivity index (χ2n) is 6.36. The number of hydrogen-bond acceptors (Lipinski definition) is 7. The number of rotatable bonds is 5. The van der Waals surface area contributed by atoms with Crippen LogP contribution in [0, 0.1) is 0 Å². The van der Waals surface area contributed by atoms with Crippen molar-refractivity contribution in [1.29, 1.82) is 0 Å². The predicted molar refractivity (Wildman–Crippen MR) is 96.9 cm³/mol. The maximum atomic E-state index is 11.8.